The van der Waals surface area contributed by atoms with Gasteiger partial charge in [-0.25, -0.2) is 0 Å². The lowest BCUT2D eigenvalue weighted by Gasteiger charge is -1.98. The molecule has 1 heterocycles. The predicted octanol–water partition coefficient (Wildman–Crippen LogP) is -0.114. The molecule has 0 unspecified atom stereocenters. The number of nitrogens with zero attached hydrogens (tertiary/aromatic N) is 2. The molecule has 70 valence electrons. The Hall–Kier alpha value is -0.990. The topological polar surface area (TPSA) is 87.7 Å². The summed E-state index contributed by atoms with van der Waals surface area (Å²) in [7, 11) is 0. The van der Waals surface area contributed by atoms with Crippen LogP contribution in [0.4, 0.5) is 0 Å². The average Bonchev–Trinajstić information content (AvgIpc) is 2.55. The molecule has 0 atom stereocenters. The number of carbonyl (C=O) groups is 2. The van der Waals surface area contributed by atoms with Gasteiger partial charge in [0.2, 0.25) is 0 Å². The lowest BCUT2D eigenvalue weighted by atomic mass is 10.4. The number of aromatic nitrogens is 3. The lowest BCUT2D eigenvalue weighted by molar-refractivity contribution is -0.109. The Morgan fingerprint density at radius 2 is 2.38 bits per heavy atom. The zero-order valence-corrected chi connectivity index (χ0v) is 8.74. The van der Waals surface area contributed by atoms with Gasteiger partial charge in [0.15, 0.2) is 9.48 Å². The number of rotatable bonds is 4. The zero-order chi connectivity index (χ0) is 9.68. The normalized spacial score (nSPS) is 9.62. The Bertz CT molecular complexity index is 298. The summed E-state index contributed by atoms with van der Waals surface area (Å²) < 4.78 is 0.0121. The van der Waals surface area contributed by atoms with Gasteiger partial charge in [-0.05, 0) is 22.6 Å². The van der Waals surface area contributed by atoms with Crippen molar-refractivity contribution in [2.24, 2.45) is 0 Å². The Labute approximate surface area is 87.6 Å². The van der Waals surface area contributed by atoms with Gasteiger partial charge in [-0.1, -0.05) is 0 Å². The largest absolute Gasteiger partial charge is 0.350 e. The van der Waals surface area contributed by atoms with Crippen LogP contribution >= 0.6 is 22.6 Å². The summed E-state index contributed by atoms with van der Waals surface area (Å²) >= 11 is 1.68. The maximum absolute atomic E-state index is 11.1. The number of H-pyrrole nitrogens is 1. The van der Waals surface area contributed by atoms with E-state index in [1.807, 2.05) is 0 Å². The Balaban J connectivity index is 2.31. The van der Waals surface area contributed by atoms with E-state index < -0.39 is 0 Å². The molecule has 0 aliphatic rings. The number of amides is 1. The van der Waals surface area contributed by atoms with Crippen LogP contribution < -0.4 is 5.32 Å². The lowest BCUT2D eigenvalue weighted by Crippen LogP contribution is -2.25. The minimum absolute atomic E-state index is 0.0121. The van der Waals surface area contributed by atoms with Crippen LogP contribution in [-0.2, 0) is 4.79 Å². The van der Waals surface area contributed by atoms with Crippen molar-refractivity contribution in [1.29, 1.82) is 0 Å². The molecule has 1 amide bonds. The summed E-state index contributed by atoms with van der Waals surface area (Å²) in [5.74, 6) is -0.327. The fourth-order valence-electron chi connectivity index (χ4n) is 0.676. The molecule has 0 fully saturated rings. The van der Waals surface area contributed by atoms with Crippen molar-refractivity contribution in [3.05, 3.63) is 11.9 Å². The molecule has 6 nitrogen and oxygen atoms in total. The van der Waals surface area contributed by atoms with Crippen LogP contribution in [-0.4, -0.2) is 31.7 Å². The number of nitrogens with one attached hydrogen (secondary N) is 2. The summed E-state index contributed by atoms with van der Waals surface area (Å²) in [6, 6.07) is 0. The molecule has 0 spiro atoms. The molecule has 0 aliphatic carbocycles. The first kappa shape index (κ1) is 10.1. The number of halogens is 1. The van der Waals surface area contributed by atoms with Gasteiger partial charge in [-0.3, -0.25) is 9.59 Å². The van der Waals surface area contributed by atoms with E-state index >= 15 is 0 Å². The molecule has 1 aromatic rings. The second kappa shape index (κ2) is 4.90. The van der Waals surface area contributed by atoms with Crippen molar-refractivity contribution in [2.45, 2.75) is 6.42 Å². The predicted molar refractivity (Wildman–Crippen MR) is 52.4 cm³/mol. The third-order valence-electron chi connectivity index (χ3n) is 1.25. The SMILES string of the molecule is O=C(I)CCNC(=O)c1cn[nH]n1. The molecule has 0 saturated carbocycles. The van der Waals surface area contributed by atoms with Gasteiger partial charge in [0.1, 0.15) is 0 Å². The molecular formula is C6H7IN4O2. The standard InChI is InChI=1S/C6H7IN4O2/c7-5(12)1-2-8-6(13)4-3-9-11-10-4/h3H,1-2H2,(H,8,13)(H,9,10,11). The number of carbonyl (C=O) groups excluding carboxylic acids is 2. The van der Waals surface area contributed by atoms with Crippen LogP contribution in [0.15, 0.2) is 6.20 Å². The molecule has 0 saturated heterocycles. The van der Waals surface area contributed by atoms with Crippen LogP contribution in [0.3, 0.4) is 0 Å². The summed E-state index contributed by atoms with van der Waals surface area (Å²) in [6.07, 6.45) is 1.64. The quantitative estimate of drug-likeness (QED) is 0.599. The van der Waals surface area contributed by atoms with E-state index in [1.165, 1.54) is 6.20 Å². The van der Waals surface area contributed by atoms with Gasteiger partial charge in [-0.15, -0.1) is 0 Å². The molecular weight excluding hydrogens is 287 g/mol. The summed E-state index contributed by atoms with van der Waals surface area (Å²) in [5, 5.41) is 11.9. The van der Waals surface area contributed by atoms with E-state index in [0.717, 1.165) is 0 Å². The van der Waals surface area contributed by atoms with Crippen molar-refractivity contribution in [1.82, 2.24) is 20.7 Å². The third kappa shape index (κ3) is 3.49. The van der Waals surface area contributed by atoms with Gasteiger partial charge in [0, 0.05) is 13.0 Å². The van der Waals surface area contributed by atoms with Crippen molar-refractivity contribution in [3.8, 4) is 0 Å². The molecule has 1 aromatic heterocycles. The maximum Gasteiger partial charge on any atom is 0.273 e. The highest BCUT2D eigenvalue weighted by molar-refractivity contribution is 14.1. The van der Waals surface area contributed by atoms with Crippen molar-refractivity contribution in [3.63, 3.8) is 0 Å². The Morgan fingerprint density at radius 3 is 2.92 bits per heavy atom. The van der Waals surface area contributed by atoms with Gasteiger partial charge in [0.25, 0.3) is 5.91 Å². The minimum atomic E-state index is -0.327. The van der Waals surface area contributed by atoms with E-state index in [1.54, 1.807) is 22.6 Å². The van der Waals surface area contributed by atoms with Crippen LogP contribution in [0.2, 0.25) is 0 Å². The van der Waals surface area contributed by atoms with Crippen molar-refractivity contribution < 1.29 is 9.59 Å². The second-order valence-electron chi connectivity index (χ2n) is 2.22. The summed E-state index contributed by atoms with van der Waals surface area (Å²) in [6.45, 7) is 0.327. The maximum atomic E-state index is 11.1. The molecule has 0 bridgehead atoms. The first-order valence-corrected chi connectivity index (χ1v) is 4.60. The second-order valence-corrected chi connectivity index (χ2v) is 3.42. The van der Waals surface area contributed by atoms with E-state index in [2.05, 4.69) is 20.7 Å². The highest BCUT2D eigenvalue weighted by atomic mass is 127. The first-order chi connectivity index (χ1) is 6.20. The van der Waals surface area contributed by atoms with Gasteiger partial charge in [0.05, 0.1) is 6.20 Å². The molecule has 2 N–H and O–H groups in total. The van der Waals surface area contributed by atoms with E-state index in [4.69, 9.17) is 0 Å². The Kier molecular flexibility index (Phi) is 3.80. The van der Waals surface area contributed by atoms with Crippen molar-refractivity contribution >= 4 is 32.3 Å². The molecule has 0 aliphatic heterocycles. The fraction of sp³-hybridized carbons (Fsp3) is 0.333. The summed E-state index contributed by atoms with van der Waals surface area (Å²) in [5.41, 5.74) is 0.223. The van der Waals surface area contributed by atoms with Crippen molar-refractivity contribution in [2.75, 3.05) is 6.54 Å². The Morgan fingerprint density at radius 1 is 1.62 bits per heavy atom. The van der Waals surface area contributed by atoms with Gasteiger partial charge < -0.3 is 5.32 Å². The van der Waals surface area contributed by atoms with Crippen LogP contribution in [0.1, 0.15) is 16.9 Å². The fourth-order valence-corrected chi connectivity index (χ4v) is 0.946. The zero-order valence-electron chi connectivity index (χ0n) is 6.58. The van der Waals surface area contributed by atoms with E-state index in [9.17, 15) is 9.59 Å². The highest BCUT2D eigenvalue weighted by Gasteiger charge is 2.07. The number of aromatic amines is 1. The number of hydrogen-bond donors (Lipinski definition) is 2. The monoisotopic (exact) mass is 294 g/mol. The molecule has 0 radical (unpaired) electrons. The van der Waals surface area contributed by atoms with E-state index in [-0.39, 0.29) is 15.4 Å². The first-order valence-electron chi connectivity index (χ1n) is 3.52. The number of hydrogen-bond acceptors (Lipinski definition) is 4. The molecule has 0 aromatic carbocycles. The smallest absolute Gasteiger partial charge is 0.273 e. The molecule has 1 rings (SSSR count). The average molecular weight is 294 g/mol. The van der Waals surface area contributed by atoms with Crippen LogP contribution in [0.5, 0.6) is 0 Å². The van der Waals surface area contributed by atoms with E-state index in [0.29, 0.717) is 13.0 Å². The summed E-state index contributed by atoms with van der Waals surface area (Å²) in [4.78, 5) is 21.7. The third-order valence-corrected chi connectivity index (χ3v) is 1.79. The molecule has 7 heteroatoms. The minimum Gasteiger partial charge on any atom is -0.350 e. The van der Waals surface area contributed by atoms with Crippen LogP contribution in [0.25, 0.3) is 0 Å². The van der Waals surface area contributed by atoms with Gasteiger partial charge >= 0.3 is 0 Å². The highest BCUT2D eigenvalue weighted by Crippen LogP contribution is 1.92. The molecule has 13 heavy (non-hydrogen) atoms. The van der Waals surface area contributed by atoms with Gasteiger partial charge in [-0.2, -0.15) is 15.4 Å². The van der Waals surface area contributed by atoms with Crippen LogP contribution in [0, 0.1) is 0 Å².